The van der Waals surface area contributed by atoms with Gasteiger partial charge in [-0.15, -0.1) is 0 Å². The molecule has 0 radical (unpaired) electrons. The lowest BCUT2D eigenvalue weighted by molar-refractivity contribution is -0.146. The third-order valence-electron chi connectivity index (χ3n) is 2.26. The van der Waals surface area contributed by atoms with Gasteiger partial charge in [0.2, 0.25) is 0 Å². The Morgan fingerprint density at radius 1 is 1.44 bits per heavy atom. The molecule has 18 heavy (non-hydrogen) atoms. The maximum Gasteiger partial charge on any atom is 0.334 e. The third-order valence-corrected chi connectivity index (χ3v) is 2.67. The number of carboxylic acids is 1. The van der Waals surface area contributed by atoms with E-state index in [1.165, 1.54) is 0 Å². The number of carbonyl (C=O) groups is 2. The Morgan fingerprint density at radius 2 is 2.11 bits per heavy atom. The molecule has 4 N–H and O–H groups in total. The zero-order valence-corrected chi connectivity index (χ0v) is 10.4. The summed E-state index contributed by atoms with van der Waals surface area (Å²) in [6.07, 6.45) is -1.63. The Kier molecular flexibility index (Phi) is 4.94. The van der Waals surface area contributed by atoms with Crippen LogP contribution in [0.3, 0.4) is 0 Å². The van der Waals surface area contributed by atoms with E-state index in [-0.39, 0.29) is 6.54 Å². The van der Waals surface area contributed by atoms with E-state index in [1.807, 2.05) is 0 Å². The van der Waals surface area contributed by atoms with Gasteiger partial charge in [0.15, 0.2) is 6.10 Å². The molecule has 2 amide bonds. The second-order valence-corrected chi connectivity index (χ2v) is 4.01. The molecule has 1 aromatic carbocycles. The highest BCUT2D eigenvalue weighted by molar-refractivity contribution is 6.31. The topological polar surface area (TPSA) is 98.7 Å². The average Bonchev–Trinajstić information content (AvgIpc) is 2.32. The van der Waals surface area contributed by atoms with E-state index in [4.69, 9.17) is 21.8 Å². The Balaban J connectivity index is 2.55. The van der Waals surface area contributed by atoms with Gasteiger partial charge in [0, 0.05) is 10.7 Å². The van der Waals surface area contributed by atoms with Gasteiger partial charge in [-0.3, -0.25) is 0 Å². The molecule has 1 atom stereocenters. The van der Waals surface area contributed by atoms with E-state index in [9.17, 15) is 9.59 Å². The van der Waals surface area contributed by atoms with Gasteiger partial charge in [-0.25, -0.2) is 9.59 Å². The van der Waals surface area contributed by atoms with Crippen LogP contribution in [0, 0.1) is 6.92 Å². The molecule has 1 aromatic rings. The van der Waals surface area contributed by atoms with Crippen LogP contribution >= 0.6 is 11.6 Å². The van der Waals surface area contributed by atoms with Crippen LogP contribution in [0.25, 0.3) is 0 Å². The zero-order chi connectivity index (χ0) is 13.7. The zero-order valence-electron chi connectivity index (χ0n) is 9.61. The first kappa shape index (κ1) is 14.3. The average molecular weight is 273 g/mol. The number of nitrogens with one attached hydrogen (secondary N) is 2. The first-order valence-electron chi connectivity index (χ1n) is 5.12. The Morgan fingerprint density at radius 3 is 2.72 bits per heavy atom. The van der Waals surface area contributed by atoms with Crippen molar-refractivity contribution in [3.8, 4) is 0 Å². The van der Waals surface area contributed by atoms with E-state index in [0.29, 0.717) is 16.3 Å². The van der Waals surface area contributed by atoms with Gasteiger partial charge >= 0.3 is 12.0 Å². The fourth-order valence-corrected chi connectivity index (χ4v) is 1.36. The highest BCUT2D eigenvalue weighted by atomic mass is 35.5. The molecular formula is C11H13ClN2O4. The van der Waals surface area contributed by atoms with Crippen LogP contribution in [0.4, 0.5) is 10.5 Å². The fourth-order valence-electron chi connectivity index (χ4n) is 1.19. The lowest BCUT2D eigenvalue weighted by Crippen LogP contribution is -2.38. The number of hydrogen-bond donors (Lipinski definition) is 4. The van der Waals surface area contributed by atoms with Gasteiger partial charge in [-0.05, 0) is 24.6 Å². The monoisotopic (exact) mass is 272 g/mol. The van der Waals surface area contributed by atoms with Gasteiger partial charge in [0.1, 0.15) is 0 Å². The number of carboxylic acid groups (broad SMARTS) is 1. The van der Waals surface area contributed by atoms with E-state index in [2.05, 4.69) is 10.6 Å². The lowest BCUT2D eigenvalue weighted by atomic mass is 10.2. The minimum Gasteiger partial charge on any atom is -0.479 e. The van der Waals surface area contributed by atoms with Gasteiger partial charge in [-0.2, -0.15) is 0 Å². The molecule has 0 bridgehead atoms. The van der Waals surface area contributed by atoms with Crippen LogP contribution in [0.5, 0.6) is 0 Å². The number of rotatable bonds is 4. The summed E-state index contributed by atoms with van der Waals surface area (Å²) >= 11 is 5.88. The van der Waals surface area contributed by atoms with Crippen molar-refractivity contribution >= 4 is 29.3 Å². The number of aliphatic hydroxyl groups is 1. The fraction of sp³-hybridized carbons (Fsp3) is 0.273. The second-order valence-electron chi connectivity index (χ2n) is 3.60. The first-order chi connectivity index (χ1) is 8.41. The number of amides is 2. The highest BCUT2D eigenvalue weighted by Gasteiger charge is 2.14. The molecule has 0 aliphatic heterocycles. The molecule has 98 valence electrons. The Hall–Kier alpha value is -1.79. The number of aliphatic carboxylic acids is 1. The third kappa shape index (κ3) is 3.90. The molecule has 6 nitrogen and oxygen atoms in total. The van der Waals surface area contributed by atoms with Gasteiger partial charge in [0.05, 0.1) is 6.54 Å². The number of urea groups is 1. The minimum absolute atomic E-state index is 0.374. The van der Waals surface area contributed by atoms with Crippen molar-refractivity contribution in [2.75, 3.05) is 11.9 Å². The van der Waals surface area contributed by atoms with Crippen LogP contribution in [-0.4, -0.2) is 34.9 Å². The first-order valence-corrected chi connectivity index (χ1v) is 5.50. The quantitative estimate of drug-likeness (QED) is 0.662. The molecule has 0 saturated carbocycles. The van der Waals surface area contributed by atoms with Crippen molar-refractivity contribution < 1.29 is 19.8 Å². The molecule has 0 fully saturated rings. The molecule has 0 unspecified atom stereocenters. The summed E-state index contributed by atoms with van der Waals surface area (Å²) in [6.45, 7) is 1.37. The molecule has 7 heteroatoms. The Bertz CT molecular complexity index is 464. The van der Waals surface area contributed by atoms with Crippen molar-refractivity contribution in [1.82, 2.24) is 5.32 Å². The minimum atomic E-state index is -1.63. The summed E-state index contributed by atoms with van der Waals surface area (Å²) in [5, 5.41) is 22.7. The molecule has 0 aliphatic rings. The molecule has 0 aliphatic carbocycles. The number of carbonyl (C=O) groups excluding carboxylic acids is 1. The normalized spacial score (nSPS) is 11.7. The molecule has 0 heterocycles. The number of anilines is 1. The highest BCUT2D eigenvalue weighted by Crippen LogP contribution is 2.22. The Labute approximate surface area is 109 Å². The van der Waals surface area contributed by atoms with E-state index < -0.39 is 18.1 Å². The number of aliphatic hydroxyl groups excluding tert-OH is 1. The van der Waals surface area contributed by atoms with Gasteiger partial charge in [-0.1, -0.05) is 17.7 Å². The summed E-state index contributed by atoms with van der Waals surface area (Å²) in [5.41, 5.74) is 1.22. The number of hydrogen-bond acceptors (Lipinski definition) is 3. The lowest BCUT2D eigenvalue weighted by Gasteiger charge is -2.11. The largest absolute Gasteiger partial charge is 0.479 e. The predicted octanol–water partition coefficient (Wildman–Crippen LogP) is 1.22. The van der Waals surface area contributed by atoms with Gasteiger partial charge < -0.3 is 20.8 Å². The summed E-state index contributed by atoms with van der Waals surface area (Å²) in [4.78, 5) is 21.8. The number of benzene rings is 1. The van der Waals surface area contributed by atoms with Crippen LogP contribution in [0.2, 0.25) is 5.02 Å². The summed E-state index contributed by atoms with van der Waals surface area (Å²) in [5.74, 6) is -1.39. The maximum atomic E-state index is 11.4. The van der Waals surface area contributed by atoms with Crippen molar-refractivity contribution in [3.63, 3.8) is 0 Å². The predicted molar refractivity (Wildman–Crippen MR) is 66.9 cm³/mol. The molecular weight excluding hydrogens is 260 g/mol. The van der Waals surface area contributed by atoms with Crippen LogP contribution in [0.1, 0.15) is 5.56 Å². The van der Waals surface area contributed by atoms with E-state index in [1.54, 1.807) is 25.1 Å². The van der Waals surface area contributed by atoms with Crippen LogP contribution in [0.15, 0.2) is 18.2 Å². The smallest absolute Gasteiger partial charge is 0.334 e. The van der Waals surface area contributed by atoms with Crippen molar-refractivity contribution in [3.05, 3.63) is 28.8 Å². The number of halogens is 1. The second kappa shape index (κ2) is 6.23. The van der Waals surface area contributed by atoms with Crippen LogP contribution in [-0.2, 0) is 4.79 Å². The molecule has 0 aromatic heterocycles. The summed E-state index contributed by atoms with van der Waals surface area (Å²) in [7, 11) is 0. The summed E-state index contributed by atoms with van der Waals surface area (Å²) < 4.78 is 0. The van der Waals surface area contributed by atoms with Gasteiger partial charge in [0.25, 0.3) is 0 Å². The van der Waals surface area contributed by atoms with E-state index in [0.717, 1.165) is 0 Å². The standard InChI is InChI=1S/C11H13ClN2O4/c1-6-7(12)3-2-4-8(6)14-11(18)13-5-9(15)10(16)17/h2-4,9,15H,5H2,1H3,(H,16,17)(H2,13,14,18)/t9-/m0/s1. The summed E-state index contributed by atoms with van der Waals surface area (Å²) in [6, 6.07) is 4.42. The van der Waals surface area contributed by atoms with Crippen LogP contribution < -0.4 is 10.6 Å². The van der Waals surface area contributed by atoms with E-state index >= 15 is 0 Å². The molecule has 0 spiro atoms. The van der Waals surface area contributed by atoms with Crippen molar-refractivity contribution in [2.45, 2.75) is 13.0 Å². The SMILES string of the molecule is Cc1c(Cl)cccc1NC(=O)NC[C@H](O)C(=O)O. The van der Waals surface area contributed by atoms with Crippen molar-refractivity contribution in [2.24, 2.45) is 0 Å². The molecule has 1 rings (SSSR count). The molecule has 0 saturated heterocycles. The van der Waals surface area contributed by atoms with Crippen molar-refractivity contribution in [1.29, 1.82) is 0 Å². The maximum absolute atomic E-state index is 11.4.